The third-order valence-electron chi connectivity index (χ3n) is 3.45. The second kappa shape index (κ2) is 5.36. The third-order valence-corrected chi connectivity index (χ3v) is 5.49. The molecule has 2 aromatic rings. The predicted octanol–water partition coefficient (Wildman–Crippen LogP) is 4.36. The largest absolute Gasteiger partial charge is 0.365 e. The zero-order valence-electron chi connectivity index (χ0n) is 10.5. The Balaban J connectivity index is 1.79. The molecular formula is C13H17N3S2. The molecule has 3 rings (SSSR count). The molecule has 3 nitrogen and oxygen atoms in total. The lowest BCUT2D eigenvalue weighted by Crippen LogP contribution is -2.03. The molecule has 0 radical (unpaired) electrons. The van der Waals surface area contributed by atoms with Crippen molar-refractivity contribution in [3.8, 4) is 10.6 Å². The molecule has 1 aliphatic carbocycles. The molecule has 1 saturated carbocycles. The van der Waals surface area contributed by atoms with Crippen molar-refractivity contribution in [3.63, 3.8) is 0 Å². The first-order valence-corrected chi connectivity index (χ1v) is 8.16. The van der Waals surface area contributed by atoms with Crippen molar-refractivity contribution < 1.29 is 0 Å². The molecule has 5 heteroatoms. The fourth-order valence-corrected chi connectivity index (χ4v) is 4.24. The van der Waals surface area contributed by atoms with Crippen molar-refractivity contribution in [1.29, 1.82) is 0 Å². The summed E-state index contributed by atoms with van der Waals surface area (Å²) in [6.45, 7) is 0. The Morgan fingerprint density at radius 2 is 2.11 bits per heavy atom. The van der Waals surface area contributed by atoms with Crippen LogP contribution < -0.4 is 5.32 Å². The lowest BCUT2D eigenvalue weighted by Gasteiger charge is -2.18. The first-order chi connectivity index (χ1) is 8.86. The summed E-state index contributed by atoms with van der Waals surface area (Å²) >= 11 is 3.47. The van der Waals surface area contributed by atoms with E-state index in [4.69, 9.17) is 0 Å². The normalized spacial score (nSPS) is 16.9. The minimum atomic E-state index is 0.694. The molecule has 0 bridgehead atoms. The SMILES string of the molecule is CNc1nc(-c2cnc(C3CCCCC3)s2)cs1. The number of hydrogen-bond acceptors (Lipinski definition) is 5. The van der Waals surface area contributed by atoms with Crippen LogP contribution in [0.3, 0.4) is 0 Å². The van der Waals surface area contributed by atoms with Gasteiger partial charge in [0.25, 0.3) is 0 Å². The zero-order chi connectivity index (χ0) is 12.4. The lowest BCUT2D eigenvalue weighted by atomic mass is 9.90. The van der Waals surface area contributed by atoms with Crippen LogP contribution in [0.25, 0.3) is 10.6 Å². The summed E-state index contributed by atoms with van der Waals surface area (Å²) in [5.41, 5.74) is 1.06. The van der Waals surface area contributed by atoms with Crippen LogP contribution in [0.5, 0.6) is 0 Å². The molecule has 0 unspecified atom stereocenters. The van der Waals surface area contributed by atoms with Crippen LogP contribution in [-0.4, -0.2) is 17.0 Å². The Kier molecular flexibility index (Phi) is 3.61. The quantitative estimate of drug-likeness (QED) is 0.907. The molecule has 0 amide bonds. The van der Waals surface area contributed by atoms with Gasteiger partial charge in [-0.1, -0.05) is 19.3 Å². The summed E-state index contributed by atoms with van der Waals surface area (Å²) in [4.78, 5) is 10.4. The summed E-state index contributed by atoms with van der Waals surface area (Å²) in [6.07, 6.45) is 8.73. The van der Waals surface area contributed by atoms with Gasteiger partial charge in [0, 0.05) is 24.5 Å². The van der Waals surface area contributed by atoms with Gasteiger partial charge in [-0.3, -0.25) is 0 Å². The van der Waals surface area contributed by atoms with E-state index in [0.29, 0.717) is 5.92 Å². The molecule has 0 spiro atoms. The second-order valence-electron chi connectivity index (χ2n) is 4.69. The minimum absolute atomic E-state index is 0.694. The van der Waals surface area contributed by atoms with Crippen LogP contribution in [0, 0.1) is 0 Å². The predicted molar refractivity (Wildman–Crippen MR) is 78.6 cm³/mol. The molecular weight excluding hydrogens is 262 g/mol. The van der Waals surface area contributed by atoms with Gasteiger partial charge >= 0.3 is 0 Å². The van der Waals surface area contributed by atoms with Gasteiger partial charge in [-0.25, -0.2) is 9.97 Å². The van der Waals surface area contributed by atoms with Gasteiger partial charge in [0.05, 0.1) is 15.6 Å². The van der Waals surface area contributed by atoms with Gasteiger partial charge in [0.15, 0.2) is 5.13 Å². The van der Waals surface area contributed by atoms with Crippen molar-refractivity contribution in [2.24, 2.45) is 0 Å². The summed E-state index contributed by atoms with van der Waals surface area (Å²) in [6, 6.07) is 0. The highest BCUT2D eigenvalue weighted by molar-refractivity contribution is 7.16. The van der Waals surface area contributed by atoms with Crippen LogP contribution >= 0.6 is 22.7 Å². The topological polar surface area (TPSA) is 37.8 Å². The van der Waals surface area contributed by atoms with Crippen molar-refractivity contribution in [2.75, 3.05) is 12.4 Å². The van der Waals surface area contributed by atoms with Crippen LogP contribution in [0.4, 0.5) is 5.13 Å². The molecule has 18 heavy (non-hydrogen) atoms. The lowest BCUT2D eigenvalue weighted by molar-refractivity contribution is 0.442. The fraction of sp³-hybridized carbons (Fsp3) is 0.538. The summed E-state index contributed by atoms with van der Waals surface area (Å²) in [7, 11) is 1.91. The third kappa shape index (κ3) is 2.42. The van der Waals surface area contributed by atoms with Crippen molar-refractivity contribution in [3.05, 3.63) is 16.6 Å². The molecule has 2 aromatic heterocycles. The van der Waals surface area contributed by atoms with E-state index < -0.39 is 0 Å². The Morgan fingerprint density at radius 1 is 1.28 bits per heavy atom. The van der Waals surface area contributed by atoms with Crippen LogP contribution in [0.2, 0.25) is 0 Å². The maximum atomic E-state index is 4.61. The maximum Gasteiger partial charge on any atom is 0.182 e. The van der Waals surface area contributed by atoms with Crippen LogP contribution in [0.15, 0.2) is 11.6 Å². The maximum absolute atomic E-state index is 4.61. The number of anilines is 1. The Morgan fingerprint density at radius 3 is 2.83 bits per heavy atom. The van der Waals surface area contributed by atoms with Crippen molar-refractivity contribution >= 4 is 27.8 Å². The average molecular weight is 279 g/mol. The van der Waals surface area contributed by atoms with Gasteiger partial charge in [0.1, 0.15) is 0 Å². The van der Waals surface area contributed by atoms with E-state index in [9.17, 15) is 0 Å². The average Bonchev–Trinajstić information content (AvgIpc) is 3.08. The molecule has 1 aliphatic rings. The van der Waals surface area contributed by atoms with Crippen molar-refractivity contribution in [1.82, 2.24) is 9.97 Å². The summed E-state index contributed by atoms with van der Waals surface area (Å²) in [5.74, 6) is 0.694. The first kappa shape index (κ1) is 12.1. The monoisotopic (exact) mass is 279 g/mol. The first-order valence-electron chi connectivity index (χ1n) is 6.46. The van der Waals surface area contributed by atoms with E-state index >= 15 is 0 Å². The molecule has 2 heterocycles. The van der Waals surface area contributed by atoms with E-state index in [-0.39, 0.29) is 0 Å². The smallest absolute Gasteiger partial charge is 0.182 e. The van der Waals surface area contributed by atoms with Gasteiger partial charge in [0.2, 0.25) is 0 Å². The molecule has 0 atom stereocenters. The van der Waals surface area contributed by atoms with E-state index in [1.54, 1.807) is 11.3 Å². The van der Waals surface area contributed by atoms with Crippen LogP contribution in [0.1, 0.15) is 43.0 Å². The zero-order valence-corrected chi connectivity index (χ0v) is 12.1. The molecule has 0 saturated heterocycles. The van der Waals surface area contributed by atoms with E-state index in [1.165, 1.54) is 42.0 Å². The molecule has 0 aliphatic heterocycles. The van der Waals surface area contributed by atoms with Gasteiger partial charge in [-0.15, -0.1) is 22.7 Å². The Hall–Kier alpha value is -0.940. The number of hydrogen-bond donors (Lipinski definition) is 1. The number of rotatable bonds is 3. The molecule has 96 valence electrons. The number of thiazole rings is 2. The highest BCUT2D eigenvalue weighted by Gasteiger charge is 2.19. The number of nitrogens with zero attached hydrogens (tertiary/aromatic N) is 2. The molecule has 1 fully saturated rings. The summed E-state index contributed by atoms with van der Waals surface area (Å²) < 4.78 is 0. The second-order valence-corrected chi connectivity index (χ2v) is 6.61. The number of aromatic nitrogens is 2. The van der Waals surface area contributed by atoms with Gasteiger partial charge in [-0.2, -0.15) is 0 Å². The molecule has 1 N–H and O–H groups in total. The summed E-state index contributed by atoms with van der Waals surface area (Å²) in [5, 5.41) is 7.46. The Bertz CT molecular complexity index is 512. The van der Waals surface area contributed by atoms with E-state index in [2.05, 4.69) is 20.7 Å². The van der Waals surface area contributed by atoms with Crippen LogP contribution in [-0.2, 0) is 0 Å². The Labute approximate surface area is 115 Å². The van der Waals surface area contributed by atoms with Crippen molar-refractivity contribution in [2.45, 2.75) is 38.0 Å². The van der Waals surface area contributed by atoms with Gasteiger partial charge < -0.3 is 5.32 Å². The molecule has 0 aromatic carbocycles. The van der Waals surface area contributed by atoms with E-state index in [1.807, 2.05) is 24.6 Å². The highest BCUT2D eigenvalue weighted by Crippen LogP contribution is 2.37. The standard InChI is InChI=1S/C13H17N3S2/c1-14-13-16-10(8-17-13)11-7-15-12(18-11)9-5-3-2-4-6-9/h7-9H,2-6H2,1H3,(H,14,16). The number of nitrogens with one attached hydrogen (secondary N) is 1. The highest BCUT2D eigenvalue weighted by atomic mass is 32.1. The van der Waals surface area contributed by atoms with Gasteiger partial charge in [-0.05, 0) is 12.8 Å². The fourth-order valence-electron chi connectivity index (χ4n) is 2.45. The van der Waals surface area contributed by atoms with E-state index in [0.717, 1.165) is 10.8 Å². The minimum Gasteiger partial charge on any atom is -0.365 e.